The van der Waals surface area contributed by atoms with Crippen molar-refractivity contribution in [3.63, 3.8) is 0 Å². The summed E-state index contributed by atoms with van der Waals surface area (Å²) >= 11 is 1.81. The number of aromatic nitrogens is 1. The van der Waals surface area contributed by atoms with Crippen LogP contribution in [-0.4, -0.2) is 17.5 Å². The Morgan fingerprint density at radius 3 is 2.72 bits per heavy atom. The summed E-state index contributed by atoms with van der Waals surface area (Å²) in [5.41, 5.74) is 2.16. The first-order valence-corrected chi connectivity index (χ1v) is 8.98. The smallest absolute Gasteiger partial charge is 0.191 e. The Hall–Kier alpha value is -1.67. The molecule has 0 unspecified atom stereocenters. The maximum Gasteiger partial charge on any atom is 0.191 e. The SMILES string of the molecule is CCNC(=NCc1cccc2cccnc12)NCc1ccc(C)s1.I. The highest BCUT2D eigenvalue weighted by Crippen LogP contribution is 2.17. The lowest BCUT2D eigenvalue weighted by Crippen LogP contribution is -2.36. The zero-order chi connectivity index (χ0) is 16.8. The maximum atomic E-state index is 4.71. The van der Waals surface area contributed by atoms with Gasteiger partial charge in [-0.25, -0.2) is 4.99 Å². The molecule has 6 heteroatoms. The number of nitrogens with zero attached hydrogens (tertiary/aromatic N) is 2. The second kappa shape index (κ2) is 9.72. The van der Waals surface area contributed by atoms with Crippen molar-refractivity contribution in [2.75, 3.05) is 6.54 Å². The van der Waals surface area contributed by atoms with E-state index in [0.29, 0.717) is 6.54 Å². The molecule has 0 aliphatic heterocycles. The first-order chi connectivity index (χ1) is 11.8. The highest BCUT2D eigenvalue weighted by molar-refractivity contribution is 14.0. The summed E-state index contributed by atoms with van der Waals surface area (Å²) in [4.78, 5) is 11.8. The predicted octanol–water partition coefficient (Wildman–Crippen LogP) is 4.48. The van der Waals surface area contributed by atoms with Crippen molar-refractivity contribution >= 4 is 52.2 Å². The van der Waals surface area contributed by atoms with E-state index in [0.717, 1.165) is 35.5 Å². The molecule has 2 N–H and O–H groups in total. The minimum Gasteiger partial charge on any atom is -0.357 e. The van der Waals surface area contributed by atoms with Crippen LogP contribution in [0, 0.1) is 6.92 Å². The van der Waals surface area contributed by atoms with E-state index < -0.39 is 0 Å². The number of benzene rings is 1. The third kappa shape index (κ3) is 5.40. The molecule has 0 spiro atoms. The molecule has 0 fully saturated rings. The normalized spacial score (nSPS) is 11.2. The number of hydrogen-bond donors (Lipinski definition) is 2. The van der Waals surface area contributed by atoms with E-state index >= 15 is 0 Å². The van der Waals surface area contributed by atoms with Crippen molar-refractivity contribution in [3.05, 3.63) is 64.0 Å². The lowest BCUT2D eigenvalue weighted by Gasteiger charge is -2.11. The second-order valence-electron chi connectivity index (χ2n) is 5.55. The molecule has 132 valence electrons. The Kier molecular flexibility index (Phi) is 7.64. The summed E-state index contributed by atoms with van der Waals surface area (Å²) in [7, 11) is 0. The molecule has 0 aliphatic carbocycles. The van der Waals surface area contributed by atoms with Crippen molar-refractivity contribution in [3.8, 4) is 0 Å². The fraction of sp³-hybridized carbons (Fsp3) is 0.263. The molecular formula is C19H23IN4S. The van der Waals surface area contributed by atoms with E-state index in [9.17, 15) is 0 Å². The van der Waals surface area contributed by atoms with Crippen LogP contribution in [0.1, 0.15) is 22.2 Å². The topological polar surface area (TPSA) is 49.3 Å². The molecule has 2 aromatic heterocycles. The van der Waals surface area contributed by atoms with Crippen molar-refractivity contribution in [2.45, 2.75) is 26.9 Å². The van der Waals surface area contributed by atoms with Gasteiger partial charge in [-0.1, -0.05) is 24.3 Å². The van der Waals surface area contributed by atoms with Gasteiger partial charge in [-0.2, -0.15) is 0 Å². The standard InChI is InChI=1S/C19H22N4S.HI/c1-3-20-19(23-13-17-10-9-14(2)24-17)22-12-16-7-4-6-15-8-5-11-21-18(15)16;/h4-11H,3,12-13H2,1-2H3,(H2,20,22,23);1H. The van der Waals surface area contributed by atoms with Gasteiger partial charge in [0, 0.05) is 27.9 Å². The van der Waals surface area contributed by atoms with E-state index in [1.807, 2.05) is 23.6 Å². The van der Waals surface area contributed by atoms with Crippen LogP contribution in [0.4, 0.5) is 0 Å². The zero-order valence-electron chi connectivity index (χ0n) is 14.5. The van der Waals surface area contributed by atoms with Crippen molar-refractivity contribution in [2.24, 2.45) is 4.99 Å². The number of aliphatic imine (C=N–C) groups is 1. The molecule has 0 saturated carbocycles. The highest BCUT2D eigenvalue weighted by Gasteiger charge is 2.03. The lowest BCUT2D eigenvalue weighted by atomic mass is 10.1. The molecule has 0 saturated heterocycles. The fourth-order valence-electron chi connectivity index (χ4n) is 2.55. The summed E-state index contributed by atoms with van der Waals surface area (Å²) in [5, 5.41) is 7.85. The number of guanidine groups is 1. The first-order valence-electron chi connectivity index (χ1n) is 8.16. The van der Waals surface area contributed by atoms with Gasteiger partial charge in [-0.05, 0) is 37.6 Å². The third-order valence-electron chi connectivity index (χ3n) is 3.69. The summed E-state index contributed by atoms with van der Waals surface area (Å²) in [6, 6.07) is 14.6. The summed E-state index contributed by atoms with van der Waals surface area (Å²) in [5.74, 6) is 0.830. The molecule has 0 aliphatic rings. The molecule has 0 radical (unpaired) electrons. The zero-order valence-corrected chi connectivity index (χ0v) is 17.6. The van der Waals surface area contributed by atoms with Crippen molar-refractivity contribution in [1.82, 2.24) is 15.6 Å². The summed E-state index contributed by atoms with van der Waals surface area (Å²) in [6.45, 7) is 6.43. The molecule has 2 heterocycles. The van der Waals surface area contributed by atoms with Gasteiger partial charge in [0.25, 0.3) is 0 Å². The number of thiophene rings is 1. The predicted molar refractivity (Wildman–Crippen MR) is 118 cm³/mol. The number of hydrogen-bond acceptors (Lipinski definition) is 3. The second-order valence-corrected chi connectivity index (χ2v) is 6.93. The number of pyridine rings is 1. The molecular weight excluding hydrogens is 443 g/mol. The molecule has 0 amide bonds. The summed E-state index contributed by atoms with van der Waals surface area (Å²) < 4.78 is 0. The summed E-state index contributed by atoms with van der Waals surface area (Å²) in [6.07, 6.45) is 1.83. The van der Waals surface area contributed by atoms with Crippen molar-refractivity contribution in [1.29, 1.82) is 0 Å². The molecule has 25 heavy (non-hydrogen) atoms. The minimum atomic E-state index is 0. The molecule has 3 aromatic rings. The van der Waals surface area contributed by atoms with Crippen LogP contribution in [0.2, 0.25) is 0 Å². The molecule has 0 bridgehead atoms. The van der Waals surface area contributed by atoms with Gasteiger partial charge in [0.05, 0.1) is 18.6 Å². The van der Waals surface area contributed by atoms with Gasteiger partial charge in [0.2, 0.25) is 0 Å². The van der Waals surface area contributed by atoms with Crippen LogP contribution < -0.4 is 10.6 Å². The van der Waals surface area contributed by atoms with E-state index in [4.69, 9.17) is 4.99 Å². The number of aryl methyl sites for hydroxylation is 1. The lowest BCUT2D eigenvalue weighted by molar-refractivity contribution is 0.824. The van der Waals surface area contributed by atoms with Gasteiger partial charge in [0.15, 0.2) is 5.96 Å². The Labute approximate surface area is 169 Å². The Morgan fingerprint density at radius 1 is 1.12 bits per heavy atom. The first kappa shape index (κ1) is 19.7. The maximum absolute atomic E-state index is 4.71. The van der Waals surface area contributed by atoms with E-state index in [1.165, 1.54) is 9.75 Å². The number of para-hydroxylation sites is 1. The largest absolute Gasteiger partial charge is 0.357 e. The number of nitrogens with one attached hydrogen (secondary N) is 2. The van der Waals surface area contributed by atoms with Crippen molar-refractivity contribution < 1.29 is 0 Å². The average molecular weight is 466 g/mol. The molecule has 3 rings (SSSR count). The fourth-order valence-corrected chi connectivity index (χ4v) is 3.38. The van der Waals surface area contributed by atoms with Crippen LogP contribution in [0.25, 0.3) is 10.9 Å². The molecule has 1 aromatic carbocycles. The Bertz CT molecular complexity index is 839. The van der Waals surface area contributed by atoms with E-state index in [-0.39, 0.29) is 24.0 Å². The van der Waals surface area contributed by atoms with Crippen LogP contribution in [-0.2, 0) is 13.1 Å². The Morgan fingerprint density at radius 2 is 1.96 bits per heavy atom. The van der Waals surface area contributed by atoms with E-state index in [2.05, 4.69) is 65.9 Å². The number of rotatable bonds is 5. The number of halogens is 1. The van der Waals surface area contributed by atoms with E-state index in [1.54, 1.807) is 0 Å². The Balaban J connectivity index is 0.00000225. The van der Waals surface area contributed by atoms with Gasteiger partial charge < -0.3 is 10.6 Å². The molecule has 0 atom stereocenters. The quantitative estimate of drug-likeness (QED) is 0.331. The van der Waals surface area contributed by atoms with Gasteiger partial charge >= 0.3 is 0 Å². The molecule has 4 nitrogen and oxygen atoms in total. The van der Waals surface area contributed by atoms with Crippen LogP contribution in [0.15, 0.2) is 53.7 Å². The third-order valence-corrected chi connectivity index (χ3v) is 4.69. The van der Waals surface area contributed by atoms with Crippen LogP contribution in [0.3, 0.4) is 0 Å². The average Bonchev–Trinajstić information content (AvgIpc) is 3.03. The van der Waals surface area contributed by atoms with Gasteiger partial charge in [-0.3, -0.25) is 4.98 Å². The van der Waals surface area contributed by atoms with Gasteiger partial charge in [-0.15, -0.1) is 35.3 Å². The minimum absolute atomic E-state index is 0. The monoisotopic (exact) mass is 466 g/mol. The highest BCUT2D eigenvalue weighted by atomic mass is 127. The van der Waals surface area contributed by atoms with Gasteiger partial charge in [0.1, 0.15) is 0 Å². The van der Waals surface area contributed by atoms with Crippen LogP contribution in [0.5, 0.6) is 0 Å². The van der Waals surface area contributed by atoms with Crippen LogP contribution >= 0.6 is 35.3 Å². The number of fused-ring (bicyclic) bond motifs is 1.